The summed E-state index contributed by atoms with van der Waals surface area (Å²) >= 11 is 0. The van der Waals surface area contributed by atoms with E-state index in [1.54, 1.807) is 0 Å². The molecule has 1 aliphatic carbocycles. The predicted octanol–water partition coefficient (Wildman–Crippen LogP) is 3.47. The van der Waals surface area contributed by atoms with Gasteiger partial charge in [-0.05, 0) is 42.9 Å². The van der Waals surface area contributed by atoms with Crippen LogP contribution in [0.3, 0.4) is 0 Å². The van der Waals surface area contributed by atoms with Crippen LogP contribution >= 0.6 is 0 Å². The summed E-state index contributed by atoms with van der Waals surface area (Å²) in [6, 6.07) is 0. The molecular formula is C13H26O. The molecule has 0 aromatic heterocycles. The molecule has 0 aliphatic heterocycles. The van der Waals surface area contributed by atoms with Gasteiger partial charge in [0.1, 0.15) is 0 Å². The van der Waals surface area contributed by atoms with Crippen molar-refractivity contribution in [3.8, 4) is 0 Å². The Labute approximate surface area is 88.9 Å². The van der Waals surface area contributed by atoms with Crippen LogP contribution < -0.4 is 0 Å². The first kappa shape index (κ1) is 12.0. The van der Waals surface area contributed by atoms with E-state index in [0.29, 0.717) is 11.8 Å². The molecule has 0 heterocycles. The topological polar surface area (TPSA) is 20.2 Å². The molecule has 0 spiro atoms. The van der Waals surface area contributed by atoms with E-state index in [4.69, 9.17) is 0 Å². The lowest BCUT2D eigenvalue weighted by Gasteiger charge is -2.39. The fourth-order valence-corrected chi connectivity index (χ4v) is 3.01. The lowest BCUT2D eigenvalue weighted by molar-refractivity contribution is -0.0147. The smallest absolute Gasteiger partial charge is 0.0596 e. The molecule has 1 nitrogen and oxygen atoms in total. The van der Waals surface area contributed by atoms with Gasteiger partial charge in [-0.15, -0.1) is 0 Å². The normalized spacial score (nSPS) is 39.0. The first-order valence-corrected chi connectivity index (χ1v) is 6.24. The lowest BCUT2D eigenvalue weighted by Crippen LogP contribution is -2.37. The lowest BCUT2D eigenvalue weighted by atomic mass is 9.70. The van der Waals surface area contributed by atoms with E-state index in [1.165, 1.54) is 25.7 Å². The van der Waals surface area contributed by atoms with Gasteiger partial charge in [-0.3, -0.25) is 0 Å². The second kappa shape index (κ2) is 5.16. The van der Waals surface area contributed by atoms with Crippen molar-refractivity contribution in [1.29, 1.82) is 0 Å². The van der Waals surface area contributed by atoms with E-state index in [9.17, 15) is 5.11 Å². The SMILES string of the molecule is CCC1CCC(CC(C)C)C(O)C1C. The van der Waals surface area contributed by atoms with Gasteiger partial charge in [0.2, 0.25) is 0 Å². The number of aliphatic hydroxyl groups excluding tert-OH is 1. The Bertz CT molecular complexity index is 165. The molecule has 14 heavy (non-hydrogen) atoms. The molecule has 1 saturated carbocycles. The van der Waals surface area contributed by atoms with Gasteiger partial charge in [0, 0.05) is 0 Å². The van der Waals surface area contributed by atoms with Gasteiger partial charge in [0.15, 0.2) is 0 Å². The molecular weight excluding hydrogens is 172 g/mol. The molecule has 4 atom stereocenters. The second-order valence-electron chi connectivity index (χ2n) is 5.49. The van der Waals surface area contributed by atoms with Crippen LogP contribution in [0, 0.1) is 23.7 Å². The van der Waals surface area contributed by atoms with Crippen molar-refractivity contribution in [3.05, 3.63) is 0 Å². The third kappa shape index (κ3) is 2.73. The number of rotatable bonds is 3. The zero-order chi connectivity index (χ0) is 10.7. The van der Waals surface area contributed by atoms with Gasteiger partial charge in [-0.25, -0.2) is 0 Å². The van der Waals surface area contributed by atoms with Crippen molar-refractivity contribution in [3.63, 3.8) is 0 Å². The molecule has 0 radical (unpaired) electrons. The average molecular weight is 198 g/mol. The highest BCUT2D eigenvalue weighted by Gasteiger charge is 2.34. The molecule has 0 aromatic carbocycles. The van der Waals surface area contributed by atoms with Crippen molar-refractivity contribution >= 4 is 0 Å². The summed E-state index contributed by atoms with van der Waals surface area (Å²) in [5.74, 6) is 2.55. The number of hydrogen-bond acceptors (Lipinski definition) is 1. The summed E-state index contributed by atoms with van der Waals surface area (Å²) in [4.78, 5) is 0. The highest BCUT2D eigenvalue weighted by Crippen LogP contribution is 2.38. The quantitative estimate of drug-likeness (QED) is 0.736. The maximum atomic E-state index is 10.2. The highest BCUT2D eigenvalue weighted by atomic mass is 16.3. The van der Waals surface area contributed by atoms with Crippen molar-refractivity contribution in [2.75, 3.05) is 0 Å². The van der Waals surface area contributed by atoms with Crippen LogP contribution in [0.15, 0.2) is 0 Å². The van der Waals surface area contributed by atoms with E-state index in [-0.39, 0.29) is 6.10 Å². The van der Waals surface area contributed by atoms with Crippen LogP contribution in [0.2, 0.25) is 0 Å². The first-order chi connectivity index (χ1) is 6.56. The first-order valence-electron chi connectivity index (χ1n) is 6.24. The van der Waals surface area contributed by atoms with E-state index >= 15 is 0 Å². The average Bonchev–Trinajstić information content (AvgIpc) is 2.13. The van der Waals surface area contributed by atoms with E-state index in [0.717, 1.165) is 11.8 Å². The van der Waals surface area contributed by atoms with Crippen LogP contribution in [0.5, 0.6) is 0 Å². The van der Waals surface area contributed by atoms with E-state index < -0.39 is 0 Å². The van der Waals surface area contributed by atoms with Crippen LogP contribution in [0.4, 0.5) is 0 Å². The van der Waals surface area contributed by atoms with Gasteiger partial charge in [-0.2, -0.15) is 0 Å². The molecule has 0 bridgehead atoms. The van der Waals surface area contributed by atoms with Gasteiger partial charge >= 0.3 is 0 Å². The Balaban J connectivity index is 2.50. The minimum atomic E-state index is -0.0453. The zero-order valence-corrected chi connectivity index (χ0v) is 10.2. The van der Waals surface area contributed by atoms with E-state index in [1.807, 2.05) is 0 Å². The fraction of sp³-hybridized carbons (Fsp3) is 1.00. The monoisotopic (exact) mass is 198 g/mol. The molecule has 0 saturated heterocycles. The molecule has 1 fully saturated rings. The molecule has 0 aromatic rings. The fourth-order valence-electron chi connectivity index (χ4n) is 3.01. The van der Waals surface area contributed by atoms with Gasteiger partial charge in [0.05, 0.1) is 6.10 Å². The Kier molecular flexibility index (Phi) is 4.43. The van der Waals surface area contributed by atoms with Gasteiger partial charge in [-0.1, -0.05) is 34.1 Å². The molecule has 1 aliphatic rings. The Morgan fingerprint density at radius 3 is 2.29 bits per heavy atom. The Hall–Kier alpha value is -0.0400. The summed E-state index contributed by atoms with van der Waals surface area (Å²) in [5, 5.41) is 10.2. The predicted molar refractivity (Wildman–Crippen MR) is 61.1 cm³/mol. The maximum absolute atomic E-state index is 10.2. The summed E-state index contributed by atoms with van der Waals surface area (Å²) in [7, 11) is 0. The minimum absolute atomic E-state index is 0.0453. The third-order valence-electron chi connectivity index (χ3n) is 3.97. The standard InChI is InChI=1S/C13H26O/c1-5-11-6-7-12(8-9(2)3)13(14)10(11)4/h9-14H,5-8H2,1-4H3. The summed E-state index contributed by atoms with van der Waals surface area (Å²) in [6.45, 7) is 8.98. The molecule has 1 rings (SSSR count). The second-order valence-corrected chi connectivity index (χ2v) is 5.49. The number of aliphatic hydroxyl groups is 1. The highest BCUT2D eigenvalue weighted by molar-refractivity contribution is 4.84. The molecule has 84 valence electrons. The zero-order valence-electron chi connectivity index (χ0n) is 10.2. The molecule has 1 N–H and O–H groups in total. The Morgan fingerprint density at radius 2 is 1.79 bits per heavy atom. The van der Waals surface area contributed by atoms with Crippen LogP contribution in [0.1, 0.15) is 53.4 Å². The van der Waals surface area contributed by atoms with Crippen LogP contribution in [0.25, 0.3) is 0 Å². The van der Waals surface area contributed by atoms with Gasteiger partial charge < -0.3 is 5.11 Å². The third-order valence-corrected chi connectivity index (χ3v) is 3.97. The van der Waals surface area contributed by atoms with Crippen molar-refractivity contribution < 1.29 is 5.11 Å². The van der Waals surface area contributed by atoms with E-state index in [2.05, 4.69) is 27.7 Å². The molecule has 4 unspecified atom stereocenters. The Morgan fingerprint density at radius 1 is 1.21 bits per heavy atom. The van der Waals surface area contributed by atoms with Crippen molar-refractivity contribution in [2.24, 2.45) is 23.7 Å². The summed E-state index contributed by atoms with van der Waals surface area (Å²) in [5.41, 5.74) is 0. The van der Waals surface area contributed by atoms with Crippen molar-refractivity contribution in [1.82, 2.24) is 0 Å². The summed E-state index contributed by atoms with van der Waals surface area (Å²) < 4.78 is 0. The molecule has 0 amide bonds. The van der Waals surface area contributed by atoms with Crippen molar-refractivity contribution in [2.45, 2.75) is 59.5 Å². The maximum Gasteiger partial charge on any atom is 0.0596 e. The minimum Gasteiger partial charge on any atom is -0.393 e. The summed E-state index contributed by atoms with van der Waals surface area (Å²) in [6.07, 6.45) is 4.94. The molecule has 1 heteroatoms. The number of hydrogen-bond donors (Lipinski definition) is 1. The largest absolute Gasteiger partial charge is 0.393 e. The van der Waals surface area contributed by atoms with Crippen LogP contribution in [-0.2, 0) is 0 Å². The van der Waals surface area contributed by atoms with Gasteiger partial charge in [0.25, 0.3) is 0 Å². The van der Waals surface area contributed by atoms with Crippen LogP contribution in [-0.4, -0.2) is 11.2 Å².